The Balaban J connectivity index is 2.11. The Hall–Kier alpha value is -2.77. The van der Waals surface area contributed by atoms with E-state index in [1.165, 1.54) is 12.1 Å². The largest absolute Gasteiger partial charge is 0.301 e. The number of benzene rings is 1. The summed E-state index contributed by atoms with van der Waals surface area (Å²) in [5, 5.41) is 25.6. The maximum atomic E-state index is 10.9. The minimum Gasteiger partial charge on any atom is -0.272 e. The first-order valence-electron chi connectivity index (χ1n) is 6.45. The summed E-state index contributed by atoms with van der Waals surface area (Å²) in [7, 11) is 0. The number of nitro benzene ring substituents is 2. The third-order valence-electron chi connectivity index (χ3n) is 3.17. The third kappa shape index (κ3) is 3.85. The molecule has 0 unspecified atom stereocenters. The van der Waals surface area contributed by atoms with E-state index in [2.05, 4.69) is 22.7 Å². The first-order valence-corrected chi connectivity index (χ1v) is 6.45. The van der Waals surface area contributed by atoms with Crippen LogP contribution in [0.2, 0.25) is 0 Å². The normalized spacial score (nSPS) is 17.8. The summed E-state index contributed by atoms with van der Waals surface area (Å²) in [5.41, 5.74) is 2.03. The lowest BCUT2D eigenvalue weighted by Gasteiger charge is -2.11. The molecule has 2 rings (SSSR count). The van der Waals surface area contributed by atoms with Crippen LogP contribution in [0.4, 0.5) is 17.1 Å². The molecule has 0 spiro atoms. The zero-order valence-corrected chi connectivity index (χ0v) is 11.1. The molecule has 1 aromatic carbocycles. The van der Waals surface area contributed by atoms with Crippen molar-refractivity contribution in [1.82, 2.24) is 0 Å². The fourth-order valence-corrected chi connectivity index (χ4v) is 2.04. The Labute approximate surface area is 120 Å². The zero-order valence-electron chi connectivity index (χ0n) is 11.1. The van der Waals surface area contributed by atoms with Gasteiger partial charge in [-0.15, -0.1) is 0 Å². The summed E-state index contributed by atoms with van der Waals surface area (Å²) in [5.74, 6) is 0.305. The van der Waals surface area contributed by atoms with Crippen LogP contribution in [0.1, 0.15) is 19.3 Å². The molecule has 0 amide bonds. The molecule has 0 saturated heterocycles. The highest BCUT2D eigenvalue weighted by Gasteiger charge is 2.19. The predicted octanol–water partition coefficient (Wildman–Crippen LogP) is 3.26. The summed E-state index contributed by atoms with van der Waals surface area (Å²) >= 11 is 0. The second-order valence-corrected chi connectivity index (χ2v) is 4.65. The first kappa shape index (κ1) is 14.6. The van der Waals surface area contributed by atoms with E-state index in [-0.39, 0.29) is 17.1 Å². The molecule has 1 atom stereocenters. The summed E-state index contributed by atoms with van der Waals surface area (Å²) in [6.45, 7) is 0. The van der Waals surface area contributed by atoms with E-state index in [9.17, 15) is 20.2 Å². The number of hydrazone groups is 1. The van der Waals surface area contributed by atoms with Gasteiger partial charge in [-0.2, -0.15) is 5.10 Å². The first-order chi connectivity index (χ1) is 10.1. The summed E-state index contributed by atoms with van der Waals surface area (Å²) in [6, 6.07) is 3.41. The van der Waals surface area contributed by atoms with Crippen molar-refractivity contribution in [2.75, 3.05) is 5.43 Å². The van der Waals surface area contributed by atoms with Crippen molar-refractivity contribution in [3.8, 4) is 0 Å². The van der Waals surface area contributed by atoms with Crippen LogP contribution < -0.4 is 5.43 Å². The standard InChI is InChI=1S/C13H14N4O4/c18-16(19)11-6-7-12(13(8-11)17(20)21)15-14-9-10-4-2-1-3-5-10/h1-2,6-10,15H,3-5H2/b14-9-/t10-/m0/s1. The Morgan fingerprint density at radius 2 is 2.05 bits per heavy atom. The summed E-state index contributed by atoms with van der Waals surface area (Å²) in [4.78, 5) is 20.2. The molecule has 8 heteroatoms. The Morgan fingerprint density at radius 3 is 2.67 bits per heavy atom. The third-order valence-corrected chi connectivity index (χ3v) is 3.17. The Bertz CT molecular complexity index is 612. The van der Waals surface area contributed by atoms with Crippen molar-refractivity contribution < 1.29 is 9.85 Å². The highest BCUT2D eigenvalue weighted by atomic mass is 16.6. The minimum atomic E-state index is -0.672. The van der Waals surface area contributed by atoms with Crippen LogP contribution in [0.15, 0.2) is 35.5 Å². The van der Waals surface area contributed by atoms with E-state index < -0.39 is 9.85 Å². The Kier molecular flexibility index (Phi) is 4.60. The topological polar surface area (TPSA) is 111 Å². The number of non-ortho nitro benzene ring substituents is 1. The highest BCUT2D eigenvalue weighted by molar-refractivity contribution is 5.68. The minimum absolute atomic E-state index is 0.133. The molecule has 1 N–H and O–H groups in total. The van der Waals surface area contributed by atoms with E-state index in [4.69, 9.17) is 0 Å². The SMILES string of the molecule is O=[N+]([O-])c1ccc(N/N=C\[C@H]2CC=CCC2)c([N+](=O)[O-])c1. The highest BCUT2D eigenvalue weighted by Crippen LogP contribution is 2.29. The summed E-state index contributed by atoms with van der Waals surface area (Å²) in [6.07, 6.45) is 8.79. The smallest absolute Gasteiger partial charge is 0.272 e. The van der Waals surface area contributed by atoms with Crippen molar-refractivity contribution in [3.63, 3.8) is 0 Å². The maximum Gasteiger partial charge on any atom is 0.301 e. The van der Waals surface area contributed by atoms with E-state index in [1.54, 1.807) is 6.21 Å². The van der Waals surface area contributed by atoms with Gasteiger partial charge in [0, 0.05) is 12.3 Å². The zero-order chi connectivity index (χ0) is 15.2. The molecule has 0 aromatic heterocycles. The van der Waals surface area contributed by atoms with Crippen LogP contribution in [0.5, 0.6) is 0 Å². The number of nitro groups is 2. The fraction of sp³-hybridized carbons (Fsp3) is 0.308. The molecule has 1 aliphatic rings. The molecular weight excluding hydrogens is 276 g/mol. The number of hydrogen-bond donors (Lipinski definition) is 1. The van der Waals surface area contributed by atoms with Gasteiger partial charge in [-0.25, -0.2) is 0 Å². The molecule has 8 nitrogen and oxygen atoms in total. The Morgan fingerprint density at radius 1 is 1.24 bits per heavy atom. The van der Waals surface area contributed by atoms with E-state index in [0.29, 0.717) is 5.92 Å². The van der Waals surface area contributed by atoms with Crippen molar-refractivity contribution in [1.29, 1.82) is 0 Å². The van der Waals surface area contributed by atoms with Crippen LogP contribution in [-0.4, -0.2) is 16.1 Å². The maximum absolute atomic E-state index is 10.9. The average molecular weight is 290 g/mol. The van der Waals surface area contributed by atoms with Gasteiger partial charge in [0.1, 0.15) is 5.69 Å². The monoisotopic (exact) mass is 290 g/mol. The molecule has 0 saturated carbocycles. The van der Waals surface area contributed by atoms with Crippen molar-refractivity contribution in [2.45, 2.75) is 19.3 Å². The quantitative estimate of drug-likeness (QED) is 0.387. The van der Waals surface area contributed by atoms with Gasteiger partial charge >= 0.3 is 5.69 Å². The lowest BCUT2D eigenvalue weighted by atomic mass is 9.96. The van der Waals surface area contributed by atoms with Crippen LogP contribution in [0.3, 0.4) is 0 Å². The molecule has 21 heavy (non-hydrogen) atoms. The van der Waals surface area contributed by atoms with E-state index in [1.807, 2.05) is 0 Å². The number of nitrogens with one attached hydrogen (secondary N) is 1. The van der Waals surface area contributed by atoms with E-state index in [0.717, 1.165) is 25.3 Å². The number of nitrogens with zero attached hydrogens (tertiary/aromatic N) is 3. The van der Waals surface area contributed by atoms with Gasteiger partial charge < -0.3 is 0 Å². The molecule has 0 radical (unpaired) electrons. The van der Waals surface area contributed by atoms with Gasteiger partial charge in [0.25, 0.3) is 5.69 Å². The second-order valence-electron chi connectivity index (χ2n) is 4.65. The molecule has 110 valence electrons. The van der Waals surface area contributed by atoms with E-state index >= 15 is 0 Å². The molecule has 0 heterocycles. The molecule has 0 aliphatic heterocycles. The van der Waals surface area contributed by atoms with Gasteiger partial charge in [-0.1, -0.05) is 12.2 Å². The van der Waals surface area contributed by atoms with Crippen molar-refractivity contribution in [2.24, 2.45) is 11.0 Å². The van der Waals surface area contributed by atoms with Crippen LogP contribution in [-0.2, 0) is 0 Å². The fourth-order valence-electron chi connectivity index (χ4n) is 2.04. The lowest BCUT2D eigenvalue weighted by molar-refractivity contribution is -0.393. The number of rotatable bonds is 5. The van der Waals surface area contributed by atoms with Crippen LogP contribution in [0.25, 0.3) is 0 Å². The second kappa shape index (κ2) is 6.60. The van der Waals surface area contributed by atoms with Gasteiger partial charge in [0.05, 0.1) is 15.9 Å². The summed E-state index contributed by atoms with van der Waals surface area (Å²) < 4.78 is 0. The molecule has 1 aliphatic carbocycles. The van der Waals surface area contributed by atoms with Crippen molar-refractivity contribution >= 4 is 23.3 Å². The predicted molar refractivity (Wildman–Crippen MR) is 78.3 cm³/mol. The van der Waals surface area contributed by atoms with Crippen LogP contribution in [0, 0.1) is 26.1 Å². The number of hydrogen-bond acceptors (Lipinski definition) is 6. The molecular formula is C13H14N4O4. The van der Waals surface area contributed by atoms with Crippen LogP contribution >= 0.6 is 0 Å². The number of anilines is 1. The molecule has 0 fully saturated rings. The van der Waals surface area contributed by atoms with Gasteiger partial charge in [0.2, 0.25) is 0 Å². The van der Waals surface area contributed by atoms with Gasteiger partial charge in [-0.05, 0) is 31.2 Å². The lowest BCUT2D eigenvalue weighted by Crippen LogP contribution is -2.05. The average Bonchev–Trinajstić information content (AvgIpc) is 2.48. The van der Waals surface area contributed by atoms with Gasteiger partial charge in [0.15, 0.2) is 0 Å². The molecule has 1 aromatic rings. The molecule has 0 bridgehead atoms. The van der Waals surface area contributed by atoms with Crippen molar-refractivity contribution in [3.05, 3.63) is 50.6 Å². The van der Waals surface area contributed by atoms with Gasteiger partial charge in [-0.3, -0.25) is 25.7 Å². The number of allylic oxidation sites excluding steroid dienone is 2.